The molecule has 0 amide bonds. The highest BCUT2D eigenvalue weighted by Crippen LogP contribution is 2.40. The second-order valence-corrected chi connectivity index (χ2v) is 10.7. The van der Waals surface area contributed by atoms with Crippen molar-refractivity contribution in [1.82, 2.24) is 9.55 Å². The zero-order valence-corrected chi connectivity index (χ0v) is 21.7. The molecule has 0 spiro atoms. The van der Waals surface area contributed by atoms with Crippen LogP contribution in [-0.4, -0.2) is 9.55 Å². The lowest BCUT2D eigenvalue weighted by Gasteiger charge is -2.09. The number of aromatic amines is 1. The Bertz CT molecular complexity index is 2420. The normalized spacial score (nSPS) is 12.0. The minimum absolute atomic E-state index is 1.17. The fraction of sp³-hybridized carbons (Fsp3) is 0. The van der Waals surface area contributed by atoms with Crippen molar-refractivity contribution >= 4 is 65.2 Å². The third-order valence-corrected chi connectivity index (χ3v) is 8.49. The molecule has 0 aliphatic rings. The topological polar surface area (TPSA) is 20.7 Å². The Morgan fingerprint density at radius 2 is 1.05 bits per heavy atom. The van der Waals surface area contributed by atoms with Crippen molar-refractivity contribution in [1.29, 1.82) is 0 Å². The number of nitrogens with one attached hydrogen (secondary N) is 1. The third-order valence-electron chi connectivity index (χ3n) is 8.49. The highest BCUT2D eigenvalue weighted by Gasteiger charge is 2.16. The van der Waals surface area contributed by atoms with E-state index in [-0.39, 0.29) is 0 Å². The smallest absolute Gasteiger partial charge is 0.0547 e. The van der Waals surface area contributed by atoms with Crippen molar-refractivity contribution in [3.05, 3.63) is 140 Å². The van der Waals surface area contributed by atoms with Gasteiger partial charge < -0.3 is 9.55 Å². The van der Waals surface area contributed by atoms with Crippen LogP contribution in [0.15, 0.2) is 140 Å². The van der Waals surface area contributed by atoms with Gasteiger partial charge in [0, 0.05) is 38.3 Å². The summed E-state index contributed by atoms with van der Waals surface area (Å²) in [6, 6.07) is 50.8. The molecule has 0 fully saturated rings. The van der Waals surface area contributed by atoms with Crippen LogP contribution in [0.25, 0.3) is 82.0 Å². The van der Waals surface area contributed by atoms with Crippen molar-refractivity contribution in [2.75, 3.05) is 0 Å². The standard InChI is InChI=1S/C38H24N2/c1-2-10-28(11-3-1)40-35-21-17-25-9-5-7-13-30(25)38(35)31-18-14-27(23-36(31)40)26-16-19-33-32(22-26)37-29-12-6-4-8-24(29)15-20-34(37)39-33/h1-23,39H. The SMILES string of the molecule is c1ccc(-n2c3cc(-c4ccc5[nH]c6ccc7ccccc7c6c5c4)ccc3c3c4ccccc4ccc32)cc1. The zero-order valence-electron chi connectivity index (χ0n) is 21.7. The monoisotopic (exact) mass is 508 g/mol. The molecule has 0 saturated heterocycles. The number of rotatable bonds is 2. The van der Waals surface area contributed by atoms with Crippen molar-refractivity contribution < 1.29 is 0 Å². The van der Waals surface area contributed by atoms with Crippen LogP contribution in [0.3, 0.4) is 0 Å². The van der Waals surface area contributed by atoms with Crippen LogP contribution in [0.5, 0.6) is 0 Å². The Morgan fingerprint density at radius 1 is 0.400 bits per heavy atom. The largest absolute Gasteiger partial charge is 0.354 e. The molecule has 2 heterocycles. The van der Waals surface area contributed by atoms with Crippen LogP contribution >= 0.6 is 0 Å². The van der Waals surface area contributed by atoms with Gasteiger partial charge >= 0.3 is 0 Å². The Hall–Kier alpha value is -5.34. The summed E-state index contributed by atoms with van der Waals surface area (Å²) in [6.07, 6.45) is 0. The molecule has 9 aromatic rings. The summed E-state index contributed by atoms with van der Waals surface area (Å²) in [4.78, 5) is 3.64. The van der Waals surface area contributed by atoms with Crippen LogP contribution in [0.4, 0.5) is 0 Å². The quantitative estimate of drug-likeness (QED) is 0.240. The van der Waals surface area contributed by atoms with Crippen LogP contribution in [0.1, 0.15) is 0 Å². The van der Waals surface area contributed by atoms with E-state index in [2.05, 4.69) is 149 Å². The second kappa shape index (κ2) is 8.08. The van der Waals surface area contributed by atoms with Gasteiger partial charge in [0.05, 0.1) is 11.0 Å². The number of hydrogen-bond donors (Lipinski definition) is 1. The van der Waals surface area contributed by atoms with Gasteiger partial charge in [0.1, 0.15) is 0 Å². The van der Waals surface area contributed by atoms with Crippen molar-refractivity contribution in [2.24, 2.45) is 0 Å². The Balaban J connectivity index is 1.35. The van der Waals surface area contributed by atoms with Gasteiger partial charge in [-0.2, -0.15) is 0 Å². The molecular weight excluding hydrogens is 484 g/mol. The van der Waals surface area contributed by atoms with E-state index < -0.39 is 0 Å². The summed E-state index contributed by atoms with van der Waals surface area (Å²) in [5.41, 5.74) is 8.41. The lowest BCUT2D eigenvalue weighted by molar-refractivity contribution is 1.18. The number of fused-ring (bicyclic) bond motifs is 10. The molecule has 0 unspecified atom stereocenters. The molecule has 0 radical (unpaired) electrons. The second-order valence-electron chi connectivity index (χ2n) is 10.7. The highest BCUT2D eigenvalue weighted by molar-refractivity contribution is 6.22. The minimum Gasteiger partial charge on any atom is -0.354 e. The van der Waals surface area contributed by atoms with E-state index in [0.29, 0.717) is 0 Å². The first-order chi connectivity index (χ1) is 19.8. The van der Waals surface area contributed by atoms with Gasteiger partial charge in [0.15, 0.2) is 0 Å². The molecule has 2 heteroatoms. The summed E-state index contributed by atoms with van der Waals surface area (Å²) >= 11 is 0. The number of aromatic nitrogens is 2. The molecule has 1 N–H and O–H groups in total. The van der Waals surface area contributed by atoms with Crippen LogP contribution in [0.2, 0.25) is 0 Å². The molecule has 9 rings (SSSR count). The molecular formula is C38H24N2. The number of hydrogen-bond acceptors (Lipinski definition) is 0. The maximum atomic E-state index is 3.64. The van der Waals surface area contributed by atoms with E-state index >= 15 is 0 Å². The number of H-pyrrole nitrogens is 1. The van der Waals surface area contributed by atoms with Crippen LogP contribution in [-0.2, 0) is 0 Å². The minimum atomic E-state index is 1.17. The van der Waals surface area contributed by atoms with E-state index in [9.17, 15) is 0 Å². The number of para-hydroxylation sites is 1. The summed E-state index contributed by atoms with van der Waals surface area (Å²) < 4.78 is 2.42. The molecule has 40 heavy (non-hydrogen) atoms. The fourth-order valence-electron chi connectivity index (χ4n) is 6.67. The first kappa shape index (κ1) is 21.6. The van der Waals surface area contributed by atoms with E-state index in [1.807, 2.05) is 0 Å². The number of nitrogens with zero attached hydrogens (tertiary/aromatic N) is 1. The molecule has 186 valence electrons. The Kier molecular flexibility index (Phi) is 4.36. The van der Waals surface area contributed by atoms with Gasteiger partial charge in [-0.25, -0.2) is 0 Å². The zero-order chi connectivity index (χ0) is 26.2. The maximum absolute atomic E-state index is 3.64. The molecule has 0 aliphatic heterocycles. The van der Waals surface area contributed by atoms with E-state index in [1.54, 1.807) is 0 Å². The van der Waals surface area contributed by atoms with Gasteiger partial charge in [0.2, 0.25) is 0 Å². The first-order valence-corrected chi connectivity index (χ1v) is 13.8. The average molecular weight is 509 g/mol. The first-order valence-electron chi connectivity index (χ1n) is 13.8. The van der Waals surface area contributed by atoms with Crippen LogP contribution in [0, 0.1) is 0 Å². The summed E-state index contributed by atoms with van der Waals surface area (Å²) in [6.45, 7) is 0. The van der Waals surface area contributed by atoms with E-state index in [0.717, 1.165) is 0 Å². The van der Waals surface area contributed by atoms with Gasteiger partial charge in [-0.1, -0.05) is 97.1 Å². The number of benzene rings is 7. The molecule has 7 aromatic carbocycles. The molecule has 0 saturated carbocycles. The van der Waals surface area contributed by atoms with Gasteiger partial charge in [-0.15, -0.1) is 0 Å². The van der Waals surface area contributed by atoms with Crippen molar-refractivity contribution in [2.45, 2.75) is 0 Å². The predicted molar refractivity (Wildman–Crippen MR) is 171 cm³/mol. The molecule has 2 nitrogen and oxygen atoms in total. The maximum Gasteiger partial charge on any atom is 0.0547 e. The van der Waals surface area contributed by atoms with E-state index in [1.165, 1.54) is 82.0 Å². The molecule has 2 aromatic heterocycles. The average Bonchev–Trinajstić information content (AvgIpc) is 3.56. The Labute approximate surface area is 230 Å². The summed E-state index contributed by atoms with van der Waals surface area (Å²) in [5, 5.41) is 10.3. The van der Waals surface area contributed by atoms with Gasteiger partial charge in [0.25, 0.3) is 0 Å². The fourth-order valence-corrected chi connectivity index (χ4v) is 6.67. The highest BCUT2D eigenvalue weighted by atomic mass is 15.0. The third kappa shape index (κ3) is 2.99. The lowest BCUT2D eigenvalue weighted by Crippen LogP contribution is -1.93. The molecule has 0 atom stereocenters. The predicted octanol–water partition coefficient (Wildman–Crippen LogP) is 10.4. The van der Waals surface area contributed by atoms with E-state index in [4.69, 9.17) is 0 Å². The van der Waals surface area contributed by atoms with Crippen LogP contribution < -0.4 is 0 Å². The molecule has 0 aliphatic carbocycles. The molecule has 0 bridgehead atoms. The van der Waals surface area contributed by atoms with Gasteiger partial charge in [-0.3, -0.25) is 0 Å². The summed E-state index contributed by atoms with van der Waals surface area (Å²) in [5.74, 6) is 0. The lowest BCUT2D eigenvalue weighted by atomic mass is 9.98. The summed E-state index contributed by atoms with van der Waals surface area (Å²) in [7, 11) is 0. The Morgan fingerprint density at radius 3 is 1.88 bits per heavy atom. The van der Waals surface area contributed by atoms with Crippen molar-refractivity contribution in [3.8, 4) is 16.8 Å². The van der Waals surface area contributed by atoms with Gasteiger partial charge in [-0.05, 0) is 75.1 Å². The van der Waals surface area contributed by atoms with Crippen molar-refractivity contribution in [3.63, 3.8) is 0 Å².